The van der Waals surface area contributed by atoms with E-state index in [0.717, 1.165) is 44.1 Å². The van der Waals surface area contributed by atoms with Crippen molar-refractivity contribution in [1.82, 2.24) is 5.32 Å². The fourth-order valence-corrected chi connectivity index (χ4v) is 3.06. The van der Waals surface area contributed by atoms with Crippen LogP contribution in [0.1, 0.15) is 76.7 Å². The Labute approximate surface area is 182 Å². The number of phenolic OH excluding ortho intramolecular Hbond substituents is 2. The van der Waals surface area contributed by atoms with Crippen LogP contribution in [0.5, 0.6) is 11.5 Å². The number of benzene rings is 1. The zero-order valence-electron chi connectivity index (χ0n) is 18.5. The third-order valence-electron chi connectivity index (χ3n) is 4.83. The Balaban J connectivity index is 1.92. The van der Waals surface area contributed by atoms with Gasteiger partial charge in [0.05, 0.1) is 0 Å². The molecule has 0 bridgehead atoms. The average Bonchev–Trinajstić information content (AvgIpc) is 2.73. The number of amides is 1. The van der Waals surface area contributed by atoms with Crippen molar-refractivity contribution in [1.29, 1.82) is 0 Å². The molecule has 0 spiro atoms. The monoisotopic (exact) mass is 413 g/mol. The van der Waals surface area contributed by atoms with E-state index in [9.17, 15) is 15.0 Å². The average molecular weight is 414 g/mol. The summed E-state index contributed by atoms with van der Waals surface area (Å²) >= 11 is 0. The molecule has 0 unspecified atom stereocenters. The lowest BCUT2D eigenvalue weighted by molar-refractivity contribution is -0.121. The van der Waals surface area contributed by atoms with E-state index >= 15 is 0 Å². The van der Waals surface area contributed by atoms with Crippen LogP contribution in [-0.2, 0) is 11.2 Å². The Morgan fingerprint density at radius 3 is 2.27 bits per heavy atom. The molecule has 1 aromatic carbocycles. The Kier molecular flexibility index (Phi) is 14.8. The first-order valence-corrected chi connectivity index (χ1v) is 11.4. The van der Waals surface area contributed by atoms with Gasteiger partial charge < -0.3 is 15.5 Å². The molecule has 0 aliphatic rings. The van der Waals surface area contributed by atoms with Gasteiger partial charge in [0.1, 0.15) is 0 Å². The predicted molar refractivity (Wildman–Crippen MR) is 126 cm³/mol. The molecular weight excluding hydrogens is 374 g/mol. The number of allylic oxidation sites excluding steroid dienone is 6. The second kappa shape index (κ2) is 17.4. The summed E-state index contributed by atoms with van der Waals surface area (Å²) < 4.78 is 0. The zero-order valence-corrected chi connectivity index (χ0v) is 18.5. The molecule has 4 nitrogen and oxygen atoms in total. The maximum Gasteiger partial charge on any atom is 0.220 e. The van der Waals surface area contributed by atoms with Gasteiger partial charge >= 0.3 is 0 Å². The van der Waals surface area contributed by atoms with E-state index in [0.29, 0.717) is 19.4 Å². The van der Waals surface area contributed by atoms with E-state index in [1.807, 2.05) is 0 Å². The number of hydrogen-bond acceptors (Lipinski definition) is 3. The molecule has 1 amide bonds. The predicted octanol–water partition coefficient (Wildman–Crippen LogP) is 6.35. The van der Waals surface area contributed by atoms with Crippen molar-refractivity contribution in [3.63, 3.8) is 0 Å². The van der Waals surface area contributed by atoms with Crippen molar-refractivity contribution in [3.8, 4) is 11.5 Å². The smallest absolute Gasteiger partial charge is 0.220 e. The molecule has 0 aromatic heterocycles. The van der Waals surface area contributed by atoms with Crippen molar-refractivity contribution in [2.45, 2.75) is 77.6 Å². The molecule has 0 radical (unpaired) electrons. The van der Waals surface area contributed by atoms with E-state index in [1.54, 1.807) is 6.07 Å². The van der Waals surface area contributed by atoms with Gasteiger partial charge in [0, 0.05) is 13.0 Å². The number of unbranched alkanes of at least 4 members (excludes halogenated alkanes) is 5. The first-order chi connectivity index (χ1) is 14.6. The Morgan fingerprint density at radius 1 is 0.867 bits per heavy atom. The van der Waals surface area contributed by atoms with E-state index in [-0.39, 0.29) is 17.4 Å². The van der Waals surface area contributed by atoms with Gasteiger partial charge in [0.25, 0.3) is 0 Å². The van der Waals surface area contributed by atoms with Gasteiger partial charge in [-0.3, -0.25) is 4.79 Å². The normalized spacial score (nSPS) is 11.8. The summed E-state index contributed by atoms with van der Waals surface area (Å²) in [6.45, 7) is 2.69. The lowest BCUT2D eigenvalue weighted by atomic mass is 10.1. The standard InChI is InChI=1S/C26H39NO3/c1-2-3-4-5-6-7-8-9-10-11-12-13-14-15-16-17-26(30)27-21-20-23-18-19-24(28)25(29)22-23/h3-4,6-7,9-10,18-19,22,28-29H,2,5,8,11-17,20-21H2,1H3,(H,27,30)/b4-3-,7-6-,10-9-. The summed E-state index contributed by atoms with van der Waals surface area (Å²) in [4.78, 5) is 11.9. The maximum absolute atomic E-state index is 11.9. The molecule has 0 saturated carbocycles. The molecular formula is C26H39NO3. The van der Waals surface area contributed by atoms with Gasteiger partial charge in [-0.1, -0.05) is 68.7 Å². The fourth-order valence-electron chi connectivity index (χ4n) is 3.06. The third kappa shape index (κ3) is 13.6. The summed E-state index contributed by atoms with van der Waals surface area (Å²) in [7, 11) is 0. The van der Waals surface area contributed by atoms with Crippen molar-refractivity contribution in [2.24, 2.45) is 0 Å². The SMILES string of the molecule is CC/C=C\C/C=C\C/C=C\CCCCCCCC(=O)NCCc1ccc(O)c(O)c1. The van der Waals surface area contributed by atoms with Crippen LogP contribution >= 0.6 is 0 Å². The van der Waals surface area contributed by atoms with Crippen LogP contribution in [0.4, 0.5) is 0 Å². The first kappa shape index (κ1) is 25.5. The second-order valence-electron chi connectivity index (χ2n) is 7.52. The number of rotatable bonds is 16. The molecule has 0 aliphatic heterocycles. The molecule has 1 aromatic rings. The summed E-state index contributed by atoms with van der Waals surface area (Å²) in [6, 6.07) is 4.74. The van der Waals surface area contributed by atoms with Crippen LogP contribution in [0.25, 0.3) is 0 Å². The van der Waals surface area contributed by atoms with Crippen molar-refractivity contribution < 1.29 is 15.0 Å². The molecule has 0 aliphatic carbocycles. The van der Waals surface area contributed by atoms with Crippen LogP contribution in [0.15, 0.2) is 54.7 Å². The Hall–Kier alpha value is -2.49. The zero-order chi connectivity index (χ0) is 21.9. The topological polar surface area (TPSA) is 69.6 Å². The Morgan fingerprint density at radius 2 is 1.53 bits per heavy atom. The lowest BCUT2D eigenvalue weighted by Gasteiger charge is -2.06. The van der Waals surface area contributed by atoms with Gasteiger partial charge in [0.15, 0.2) is 11.5 Å². The molecule has 4 heteroatoms. The number of nitrogens with one attached hydrogen (secondary N) is 1. The molecule has 166 valence electrons. The molecule has 0 atom stereocenters. The molecule has 3 N–H and O–H groups in total. The van der Waals surface area contributed by atoms with Crippen molar-refractivity contribution in [3.05, 3.63) is 60.2 Å². The van der Waals surface area contributed by atoms with Crippen molar-refractivity contribution >= 4 is 5.91 Å². The highest BCUT2D eigenvalue weighted by Crippen LogP contribution is 2.24. The maximum atomic E-state index is 11.9. The van der Waals surface area contributed by atoms with E-state index < -0.39 is 0 Å². The minimum Gasteiger partial charge on any atom is -0.504 e. The Bertz CT molecular complexity index is 677. The summed E-state index contributed by atoms with van der Waals surface area (Å²) in [5.74, 6) is -0.164. The quantitative estimate of drug-likeness (QED) is 0.168. The first-order valence-electron chi connectivity index (χ1n) is 11.4. The van der Waals surface area contributed by atoms with E-state index in [4.69, 9.17) is 0 Å². The minimum absolute atomic E-state index is 0.0826. The van der Waals surface area contributed by atoms with Crippen LogP contribution in [0.2, 0.25) is 0 Å². The van der Waals surface area contributed by atoms with Gasteiger partial charge in [-0.25, -0.2) is 0 Å². The molecule has 0 fully saturated rings. The van der Waals surface area contributed by atoms with E-state index in [1.165, 1.54) is 31.4 Å². The van der Waals surface area contributed by atoms with Crippen LogP contribution < -0.4 is 5.32 Å². The highest BCUT2D eigenvalue weighted by molar-refractivity contribution is 5.75. The highest BCUT2D eigenvalue weighted by atomic mass is 16.3. The largest absolute Gasteiger partial charge is 0.504 e. The third-order valence-corrected chi connectivity index (χ3v) is 4.83. The number of carbonyl (C=O) groups is 1. The fraction of sp³-hybridized carbons (Fsp3) is 0.500. The lowest BCUT2D eigenvalue weighted by Crippen LogP contribution is -2.25. The summed E-state index contributed by atoms with van der Waals surface area (Å²) in [5.41, 5.74) is 0.889. The van der Waals surface area contributed by atoms with Gasteiger partial charge in [0.2, 0.25) is 5.91 Å². The highest BCUT2D eigenvalue weighted by Gasteiger charge is 2.03. The molecule has 30 heavy (non-hydrogen) atoms. The van der Waals surface area contributed by atoms with Gasteiger partial charge in [-0.05, 0) is 62.6 Å². The van der Waals surface area contributed by atoms with E-state index in [2.05, 4.69) is 48.7 Å². The van der Waals surface area contributed by atoms with Crippen molar-refractivity contribution in [2.75, 3.05) is 6.54 Å². The number of carbonyl (C=O) groups excluding carboxylic acids is 1. The summed E-state index contributed by atoms with van der Waals surface area (Å²) in [5, 5.41) is 21.7. The van der Waals surface area contributed by atoms with Gasteiger partial charge in [-0.2, -0.15) is 0 Å². The minimum atomic E-state index is -0.124. The number of phenols is 2. The molecule has 0 heterocycles. The van der Waals surface area contributed by atoms with Crippen LogP contribution in [0, 0.1) is 0 Å². The van der Waals surface area contributed by atoms with Gasteiger partial charge in [-0.15, -0.1) is 0 Å². The summed E-state index contributed by atoms with van der Waals surface area (Å²) in [6.07, 6.45) is 24.5. The van der Waals surface area contributed by atoms with Crippen LogP contribution in [-0.4, -0.2) is 22.7 Å². The molecule has 0 saturated heterocycles. The number of hydrogen-bond donors (Lipinski definition) is 3. The number of aromatic hydroxyl groups is 2. The molecule has 1 rings (SSSR count). The van der Waals surface area contributed by atoms with Crippen LogP contribution in [0.3, 0.4) is 0 Å². The second-order valence-corrected chi connectivity index (χ2v) is 7.52.